The van der Waals surface area contributed by atoms with Gasteiger partial charge in [0.2, 0.25) is 0 Å². The van der Waals surface area contributed by atoms with E-state index in [0.29, 0.717) is 5.59 Å². The topological polar surface area (TPSA) is 68.7 Å². The largest absolute Gasteiger partial charge is 0.514 e. The third-order valence-corrected chi connectivity index (χ3v) is 3.53. The number of carboxylic acids is 1. The van der Waals surface area contributed by atoms with Crippen molar-refractivity contribution < 1.29 is 19.2 Å². The number of carbonyl (C=O) groups is 1. The molecule has 0 unspecified atom stereocenters. The van der Waals surface area contributed by atoms with Crippen LogP contribution in [0.2, 0.25) is 0 Å². The van der Waals surface area contributed by atoms with Crippen LogP contribution in [0.3, 0.4) is 0 Å². The molecule has 1 N–H and O–H groups in total. The van der Waals surface area contributed by atoms with Crippen LogP contribution in [0.15, 0.2) is 18.3 Å². The maximum absolute atomic E-state index is 10.7. The first-order valence-corrected chi connectivity index (χ1v) is 5.78. The Kier molecular flexibility index (Phi) is 2.95. The number of carboxylic acid groups (broad SMARTS) is 1. The van der Waals surface area contributed by atoms with Crippen molar-refractivity contribution in [2.24, 2.45) is 0 Å². The van der Waals surface area contributed by atoms with Crippen molar-refractivity contribution in [1.82, 2.24) is 4.98 Å². The first-order chi connectivity index (χ1) is 8.23. The lowest BCUT2D eigenvalue weighted by Gasteiger charge is -2.32. The Morgan fingerprint density at radius 3 is 2.17 bits per heavy atom. The van der Waals surface area contributed by atoms with Crippen LogP contribution < -0.4 is 5.59 Å². The second kappa shape index (κ2) is 4.07. The predicted molar refractivity (Wildman–Crippen MR) is 66.9 cm³/mol. The number of hydrogen-bond donors (Lipinski definition) is 1. The van der Waals surface area contributed by atoms with Gasteiger partial charge in [-0.1, -0.05) is 0 Å². The van der Waals surface area contributed by atoms with Crippen molar-refractivity contribution in [2.45, 2.75) is 38.9 Å². The van der Waals surface area contributed by atoms with Crippen LogP contribution in [0.5, 0.6) is 0 Å². The maximum Gasteiger partial charge on any atom is 0.514 e. The normalized spacial score (nSPS) is 21.0. The van der Waals surface area contributed by atoms with Gasteiger partial charge in [-0.25, -0.2) is 4.79 Å². The van der Waals surface area contributed by atoms with E-state index in [-0.39, 0.29) is 5.56 Å². The van der Waals surface area contributed by atoms with Crippen LogP contribution in [0.4, 0.5) is 0 Å². The molecule has 1 saturated heterocycles. The highest BCUT2D eigenvalue weighted by atomic mass is 16.7. The second-order valence-electron chi connectivity index (χ2n) is 5.37. The van der Waals surface area contributed by atoms with E-state index in [0.717, 1.165) is 0 Å². The SMILES string of the molecule is CC1(C)OB(c2ccc(C(=O)O)cn2)OC1(C)C. The van der Waals surface area contributed by atoms with E-state index >= 15 is 0 Å². The number of nitrogens with zero attached hydrogens (tertiary/aromatic N) is 1. The fourth-order valence-electron chi connectivity index (χ4n) is 1.64. The highest BCUT2D eigenvalue weighted by molar-refractivity contribution is 6.61. The molecule has 0 aromatic carbocycles. The summed E-state index contributed by atoms with van der Waals surface area (Å²) in [6.07, 6.45) is 1.31. The van der Waals surface area contributed by atoms with Gasteiger partial charge in [-0.2, -0.15) is 0 Å². The molecule has 0 spiro atoms. The minimum absolute atomic E-state index is 0.148. The van der Waals surface area contributed by atoms with Gasteiger partial charge in [0.25, 0.3) is 0 Å². The first-order valence-electron chi connectivity index (χ1n) is 5.78. The third kappa shape index (κ3) is 2.13. The zero-order valence-electron chi connectivity index (χ0n) is 10.9. The first kappa shape index (κ1) is 13.0. The zero-order valence-corrected chi connectivity index (χ0v) is 10.9. The number of aromatic nitrogens is 1. The molecule has 0 aliphatic carbocycles. The summed E-state index contributed by atoms with van der Waals surface area (Å²) in [6, 6.07) is 3.11. The minimum Gasteiger partial charge on any atom is -0.478 e. The molecule has 1 fully saturated rings. The summed E-state index contributed by atoms with van der Waals surface area (Å²) < 4.78 is 11.6. The fraction of sp³-hybridized carbons (Fsp3) is 0.500. The predicted octanol–water partition coefficient (Wildman–Crippen LogP) is 1.08. The monoisotopic (exact) mass is 249 g/mol. The average molecular weight is 249 g/mol. The third-order valence-electron chi connectivity index (χ3n) is 3.53. The molecule has 1 aliphatic heterocycles. The Morgan fingerprint density at radius 2 is 1.78 bits per heavy atom. The van der Waals surface area contributed by atoms with Crippen LogP contribution >= 0.6 is 0 Å². The van der Waals surface area contributed by atoms with Gasteiger partial charge in [-0.15, -0.1) is 0 Å². The van der Waals surface area contributed by atoms with Gasteiger partial charge in [0.1, 0.15) is 0 Å². The maximum atomic E-state index is 10.7. The molecule has 0 atom stereocenters. The molecule has 1 aromatic heterocycles. The molecular weight excluding hydrogens is 233 g/mol. The number of hydrogen-bond acceptors (Lipinski definition) is 4. The Labute approximate surface area is 106 Å². The van der Waals surface area contributed by atoms with Crippen molar-refractivity contribution >= 4 is 18.7 Å². The van der Waals surface area contributed by atoms with E-state index in [4.69, 9.17) is 14.4 Å². The lowest BCUT2D eigenvalue weighted by molar-refractivity contribution is 0.00578. The summed E-state index contributed by atoms with van der Waals surface area (Å²) in [4.78, 5) is 14.8. The van der Waals surface area contributed by atoms with Crippen molar-refractivity contribution in [3.05, 3.63) is 23.9 Å². The quantitative estimate of drug-likeness (QED) is 0.794. The van der Waals surface area contributed by atoms with Crippen LogP contribution in [-0.4, -0.2) is 34.4 Å². The highest BCUT2D eigenvalue weighted by Gasteiger charge is 2.52. The smallest absolute Gasteiger partial charge is 0.478 e. The Bertz CT molecular complexity index is 453. The molecule has 6 heteroatoms. The molecule has 0 amide bonds. The van der Waals surface area contributed by atoms with E-state index in [1.54, 1.807) is 6.07 Å². The average Bonchev–Trinajstić information content (AvgIpc) is 2.48. The molecule has 96 valence electrons. The van der Waals surface area contributed by atoms with Gasteiger partial charge in [-0.3, -0.25) is 4.98 Å². The zero-order chi connectivity index (χ0) is 13.6. The van der Waals surface area contributed by atoms with E-state index in [1.807, 2.05) is 27.7 Å². The van der Waals surface area contributed by atoms with E-state index in [2.05, 4.69) is 4.98 Å². The number of rotatable bonds is 2. The molecular formula is C12H16BNO4. The highest BCUT2D eigenvalue weighted by Crippen LogP contribution is 2.36. The lowest BCUT2D eigenvalue weighted by Crippen LogP contribution is -2.41. The Morgan fingerprint density at radius 1 is 1.22 bits per heavy atom. The van der Waals surface area contributed by atoms with Gasteiger partial charge < -0.3 is 14.4 Å². The van der Waals surface area contributed by atoms with Gasteiger partial charge >= 0.3 is 13.1 Å². The van der Waals surface area contributed by atoms with E-state index in [9.17, 15) is 4.79 Å². The number of aromatic carboxylic acids is 1. The minimum atomic E-state index is -0.997. The van der Waals surface area contributed by atoms with Crippen molar-refractivity contribution in [2.75, 3.05) is 0 Å². The molecule has 2 heterocycles. The summed E-state index contributed by atoms with van der Waals surface area (Å²) in [7, 11) is -0.558. The molecule has 5 nitrogen and oxygen atoms in total. The molecule has 0 bridgehead atoms. The summed E-state index contributed by atoms with van der Waals surface area (Å²) in [5.41, 5.74) is -0.121. The number of pyridine rings is 1. The molecule has 1 aromatic rings. The van der Waals surface area contributed by atoms with Crippen molar-refractivity contribution in [3.8, 4) is 0 Å². The molecule has 1 aliphatic rings. The molecule has 0 radical (unpaired) electrons. The van der Waals surface area contributed by atoms with Crippen LogP contribution in [0, 0.1) is 0 Å². The summed E-state index contributed by atoms with van der Waals surface area (Å²) in [6.45, 7) is 7.83. The summed E-state index contributed by atoms with van der Waals surface area (Å²) in [5.74, 6) is -0.997. The standard InChI is InChI=1S/C12H16BNO4/c1-11(2)12(3,4)18-13(17-11)9-6-5-8(7-14-9)10(15)16/h5-7H,1-4H3,(H,15,16). The van der Waals surface area contributed by atoms with Crippen LogP contribution in [0.25, 0.3) is 0 Å². The van der Waals surface area contributed by atoms with Gasteiger partial charge in [-0.05, 0) is 39.8 Å². The van der Waals surface area contributed by atoms with Gasteiger partial charge in [0, 0.05) is 6.20 Å². The van der Waals surface area contributed by atoms with Crippen molar-refractivity contribution in [1.29, 1.82) is 0 Å². The summed E-state index contributed by atoms with van der Waals surface area (Å²) in [5, 5.41) is 8.80. The van der Waals surface area contributed by atoms with E-state index < -0.39 is 24.3 Å². The van der Waals surface area contributed by atoms with Gasteiger partial charge in [0.15, 0.2) is 0 Å². The van der Waals surface area contributed by atoms with Crippen LogP contribution in [-0.2, 0) is 9.31 Å². The second-order valence-corrected chi connectivity index (χ2v) is 5.37. The fourth-order valence-corrected chi connectivity index (χ4v) is 1.64. The van der Waals surface area contributed by atoms with E-state index in [1.165, 1.54) is 12.3 Å². The Hall–Kier alpha value is -1.40. The Balaban J connectivity index is 2.22. The van der Waals surface area contributed by atoms with Crippen molar-refractivity contribution in [3.63, 3.8) is 0 Å². The molecule has 18 heavy (non-hydrogen) atoms. The lowest BCUT2D eigenvalue weighted by atomic mass is 9.84. The van der Waals surface area contributed by atoms with Gasteiger partial charge in [0.05, 0.1) is 22.4 Å². The molecule has 0 saturated carbocycles. The summed E-state index contributed by atoms with van der Waals surface area (Å²) >= 11 is 0. The van der Waals surface area contributed by atoms with Crippen LogP contribution in [0.1, 0.15) is 38.1 Å². The molecule has 2 rings (SSSR count).